The van der Waals surface area contributed by atoms with Gasteiger partial charge in [0.25, 0.3) is 5.91 Å². The molecule has 1 aromatic carbocycles. The Labute approximate surface area is 97.7 Å². The van der Waals surface area contributed by atoms with Crippen molar-refractivity contribution in [3.05, 3.63) is 35.9 Å². The number of imide groups is 1. The second-order valence-corrected chi connectivity index (χ2v) is 3.81. The molecule has 0 radical (unpaired) electrons. The molecule has 1 aliphatic heterocycles. The first-order valence-corrected chi connectivity index (χ1v) is 5.23. The zero-order valence-electron chi connectivity index (χ0n) is 8.96. The lowest BCUT2D eigenvalue weighted by molar-refractivity contribution is -0.310. The van der Waals surface area contributed by atoms with Gasteiger partial charge in [0, 0.05) is 12.0 Å². The van der Waals surface area contributed by atoms with Crippen molar-refractivity contribution in [1.29, 1.82) is 0 Å². The predicted molar refractivity (Wildman–Crippen MR) is 55.6 cm³/mol. The summed E-state index contributed by atoms with van der Waals surface area (Å²) < 4.78 is 0. The van der Waals surface area contributed by atoms with Crippen LogP contribution in [0, 0.1) is 0 Å². The Morgan fingerprint density at radius 1 is 1.24 bits per heavy atom. The number of hydrogen-bond acceptors (Lipinski definition) is 4. The third-order valence-electron chi connectivity index (χ3n) is 2.72. The van der Waals surface area contributed by atoms with Crippen molar-refractivity contribution in [2.45, 2.75) is 18.9 Å². The van der Waals surface area contributed by atoms with Crippen LogP contribution in [-0.2, 0) is 9.59 Å². The lowest BCUT2D eigenvalue weighted by Crippen LogP contribution is -2.48. The van der Waals surface area contributed by atoms with Crippen molar-refractivity contribution in [1.82, 2.24) is 4.90 Å². The van der Waals surface area contributed by atoms with Crippen LogP contribution in [0.25, 0.3) is 0 Å². The van der Waals surface area contributed by atoms with Gasteiger partial charge in [-0.2, -0.15) is 0 Å². The molecule has 1 aliphatic rings. The van der Waals surface area contributed by atoms with Crippen LogP contribution in [0.2, 0.25) is 0 Å². The Morgan fingerprint density at radius 3 is 2.47 bits per heavy atom. The van der Waals surface area contributed by atoms with Gasteiger partial charge in [-0.3, -0.25) is 14.5 Å². The van der Waals surface area contributed by atoms with Crippen LogP contribution in [0.15, 0.2) is 30.3 Å². The second-order valence-electron chi connectivity index (χ2n) is 3.81. The van der Waals surface area contributed by atoms with Gasteiger partial charge in [0.15, 0.2) is 0 Å². The molecule has 5 nitrogen and oxygen atoms in total. The minimum Gasteiger partial charge on any atom is -0.548 e. The highest BCUT2D eigenvalue weighted by atomic mass is 16.4. The Hall–Kier alpha value is -2.17. The summed E-state index contributed by atoms with van der Waals surface area (Å²) >= 11 is 0. The van der Waals surface area contributed by atoms with E-state index in [9.17, 15) is 19.5 Å². The van der Waals surface area contributed by atoms with E-state index in [0.717, 1.165) is 4.90 Å². The number of rotatable bonds is 2. The molecule has 0 spiro atoms. The quantitative estimate of drug-likeness (QED) is 0.648. The van der Waals surface area contributed by atoms with Crippen molar-refractivity contribution in [3.63, 3.8) is 0 Å². The summed E-state index contributed by atoms with van der Waals surface area (Å²) in [6.45, 7) is 0. The van der Waals surface area contributed by atoms with Gasteiger partial charge in [0.05, 0.1) is 12.0 Å². The van der Waals surface area contributed by atoms with E-state index in [1.165, 1.54) is 0 Å². The number of carboxylic acid groups (broad SMARTS) is 1. The molecule has 2 rings (SSSR count). The lowest BCUT2D eigenvalue weighted by Gasteiger charge is -2.23. The van der Waals surface area contributed by atoms with Gasteiger partial charge in [-0.25, -0.2) is 0 Å². The van der Waals surface area contributed by atoms with Crippen LogP contribution in [0.1, 0.15) is 23.2 Å². The second kappa shape index (κ2) is 4.37. The van der Waals surface area contributed by atoms with Crippen LogP contribution in [0.5, 0.6) is 0 Å². The van der Waals surface area contributed by atoms with E-state index in [0.29, 0.717) is 5.56 Å². The topological polar surface area (TPSA) is 77.5 Å². The number of hydrogen-bond donors (Lipinski definition) is 0. The van der Waals surface area contributed by atoms with Gasteiger partial charge >= 0.3 is 0 Å². The Balaban J connectivity index is 2.29. The molecule has 88 valence electrons. The highest BCUT2D eigenvalue weighted by Gasteiger charge is 2.36. The molecule has 1 fully saturated rings. The molecule has 0 bridgehead atoms. The number of carboxylic acids is 1. The van der Waals surface area contributed by atoms with Crippen LogP contribution < -0.4 is 5.11 Å². The first kappa shape index (κ1) is 11.3. The van der Waals surface area contributed by atoms with Gasteiger partial charge in [0.2, 0.25) is 5.91 Å². The van der Waals surface area contributed by atoms with Crippen LogP contribution in [-0.4, -0.2) is 28.7 Å². The maximum atomic E-state index is 12.0. The molecule has 1 atom stereocenters. The minimum absolute atomic E-state index is 0.0667. The number of aliphatic carboxylic acids is 1. The van der Waals surface area contributed by atoms with Gasteiger partial charge in [0.1, 0.15) is 0 Å². The Morgan fingerprint density at radius 2 is 1.88 bits per heavy atom. The van der Waals surface area contributed by atoms with E-state index in [1.54, 1.807) is 30.3 Å². The summed E-state index contributed by atoms with van der Waals surface area (Å²) in [6, 6.07) is 6.98. The predicted octanol–water partition coefficient (Wildman–Crippen LogP) is -0.432. The summed E-state index contributed by atoms with van der Waals surface area (Å²) in [5, 5.41) is 10.8. The molecule has 5 heteroatoms. The number of nitrogens with zero attached hydrogens (tertiary/aromatic N) is 1. The van der Waals surface area contributed by atoms with Crippen molar-refractivity contribution >= 4 is 17.8 Å². The number of carbonyl (C=O) groups is 3. The molecule has 1 heterocycles. The zero-order chi connectivity index (χ0) is 12.4. The number of benzene rings is 1. The molecule has 0 saturated carbocycles. The van der Waals surface area contributed by atoms with E-state index in [-0.39, 0.29) is 12.8 Å². The number of likely N-dealkylation sites (tertiary alicyclic amines) is 1. The molecule has 17 heavy (non-hydrogen) atoms. The van der Waals surface area contributed by atoms with E-state index >= 15 is 0 Å². The SMILES string of the molecule is O=C([O-])[C@@H]1CCC(=O)N1C(=O)c1ccccc1. The molecule has 1 aromatic rings. The van der Waals surface area contributed by atoms with Crippen molar-refractivity contribution < 1.29 is 19.5 Å². The van der Waals surface area contributed by atoms with Gasteiger partial charge < -0.3 is 9.90 Å². The highest BCUT2D eigenvalue weighted by Crippen LogP contribution is 2.21. The van der Waals surface area contributed by atoms with E-state index in [2.05, 4.69) is 0 Å². The molecule has 1 saturated heterocycles. The highest BCUT2D eigenvalue weighted by molar-refractivity contribution is 6.08. The first-order chi connectivity index (χ1) is 8.11. The van der Waals surface area contributed by atoms with E-state index in [1.807, 2.05) is 0 Å². The fraction of sp³-hybridized carbons (Fsp3) is 0.250. The number of carbonyl (C=O) groups excluding carboxylic acids is 3. The average Bonchev–Trinajstić information content (AvgIpc) is 2.71. The standard InChI is InChI=1S/C12H11NO4/c14-10-7-6-9(12(16)17)13(10)11(15)8-4-2-1-3-5-8/h1-5,9H,6-7H2,(H,16,17)/p-1/t9-/m0/s1. The molecule has 0 aliphatic carbocycles. The van der Waals surface area contributed by atoms with E-state index < -0.39 is 23.8 Å². The van der Waals surface area contributed by atoms with Gasteiger partial charge in [-0.1, -0.05) is 18.2 Å². The maximum absolute atomic E-state index is 12.0. The normalized spacial score (nSPS) is 19.4. The maximum Gasteiger partial charge on any atom is 0.261 e. The van der Waals surface area contributed by atoms with E-state index in [4.69, 9.17) is 0 Å². The Kier molecular flexibility index (Phi) is 2.91. The van der Waals surface area contributed by atoms with Crippen molar-refractivity contribution in [3.8, 4) is 0 Å². The average molecular weight is 232 g/mol. The van der Waals surface area contributed by atoms with Crippen LogP contribution >= 0.6 is 0 Å². The molecule has 0 unspecified atom stereocenters. The van der Waals surface area contributed by atoms with Crippen molar-refractivity contribution in [2.75, 3.05) is 0 Å². The molecule has 2 amide bonds. The summed E-state index contributed by atoms with van der Waals surface area (Å²) in [5.74, 6) is -2.43. The van der Waals surface area contributed by atoms with Gasteiger partial charge in [-0.15, -0.1) is 0 Å². The first-order valence-electron chi connectivity index (χ1n) is 5.23. The van der Waals surface area contributed by atoms with Crippen LogP contribution in [0.4, 0.5) is 0 Å². The van der Waals surface area contributed by atoms with Crippen molar-refractivity contribution in [2.24, 2.45) is 0 Å². The monoisotopic (exact) mass is 232 g/mol. The fourth-order valence-corrected chi connectivity index (χ4v) is 1.88. The fourth-order valence-electron chi connectivity index (χ4n) is 1.88. The van der Waals surface area contributed by atoms with Crippen LogP contribution in [0.3, 0.4) is 0 Å². The third kappa shape index (κ3) is 2.04. The molecule has 0 aromatic heterocycles. The molecule has 0 N–H and O–H groups in total. The Bertz CT molecular complexity index is 469. The third-order valence-corrected chi connectivity index (χ3v) is 2.72. The van der Waals surface area contributed by atoms with Gasteiger partial charge in [-0.05, 0) is 18.6 Å². The zero-order valence-corrected chi connectivity index (χ0v) is 8.96. The molecular formula is C12H10NO4-. The summed E-state index contributed by atoms with van der Waals surface area (Å²) in [5.41, 5.74) is 0.300. The summed E-state index contributed by atoms with van der Waals surface area (Å²) in [7, 11) is 0. The largest absolute Gasteiger partial charge is 0.548 e. The lowest BCUT2D eigenvalue weighted by atomic mass is 10.1. The smallest absolute Gasteiger partial charge is 0.261 e. The number of amides is 2. The summed E-state index contributed by atoms with van der Waals surface area (Å²) in [4.78, 5) is 35.1. The minimum atomic E-state index is -1.39. The molecular weight excluding hydrogens is 222 g/mol. The summed E-state index contributed by atoms with van der Waals surface area (Å²) in [6.07, 6.45) is 0.191.